The summed E-state index contributed by atoms with van der Waals surface area (Å²) in [6.45, 7) is 6.95. The van der Waals surface area contributed by atoms with Crippen molar-refractivity contribution < 1.29 is 9.53 Å². The summed E-state index contributed by atoms with van der Waals surface area (Å²) >= 11 is 0. The van der Waals surface area contributed by atoms with Crippen LogP contribution >= 0.6 is 0 Å². The van der Waals surface area contributed by atoms with E-state index in [9.17, 15) is 4.79 Å². The van der Waals surface area contributed by atoms with Crippen molar-refractivity contribution in [2.75, 3.05) is 7.11 Å². The molecule has 0 amide bonds. The standard InChI is InChI=1S/C25H50O2Si/c1-5-8-11-14-19-28(20-15-12-9-6-2,21-16-13-10-7-3)24-18-17-23(22-24)25(26)27-4/h23-24H,5-22H2,1-4H3/t23-,24+/m0/s1. The Bertz CT molecular complexity index is 365. The molecule has 0 radical (unpaired) electrons. The lowest BCUT2D eigenvalue weighted by Crippen LogP contribution is -2.39. The second-order valence-electron chi connectivity index (χ2n) is 9.52. The fraction of sp³-hybridized carbons (Fsp3) is 0.960. The largest absolute Gasteiger partial charge is 0.469 e. The fourth-order valence-corrected chi connectivity index (χ4v) is 12.0. The molecule has 1 rings (SSSR count). The molecule has 0 spiro atoms. The van der Waals surface area contributed by atoms with E-state index in [1.54, 1.807) is 7.11 Å². The van der Waals surface area contributed by atoms with Gasteiger partial charge in [-0.25, -0.2) is 0 Å². The zero-order valence-electron chi connectivity index (χ0n) is 19.7. The van der Waals surface area contributed by atoms with Crippen LogP contribution in [0.2, 0.25) is 23.7 Å². The molecule has 1 aliphatic rings. The van der Waals surface area contributed by atoms with Gasteiger partial charge in [0.15, 0.2) is 0 Å². The number of unbranched alkanes of at least 4 members (excludes halogenated alkanes) is 9. The molecule has 1 aliphatic carbocycles. The van der Waals surface area contributed by atoms with Gasteiger partial charge in [0.05, 0.1) is 21.1 Å². The molecule has 28 heavy (non-hydrogen) atoms. The van der Waals surface area contributed by atoms with Crippen molar-refractivity contribution >= 4 is 14.0 Å². The van der Waals surface area contributed by atoms with Gasteiger partial charge in [0, 0.05) is 0 Å². The van der Waals surface area contributed by atoms with Gasteiger partial charge in [0.1, 0.15) is 0 Å². The van der Waals surface area contributed by atoms with Crippen LogP contribution in [-0.2, 0) is 9.53 Å². The smallest absolute Gasteiger partial charge is 0.308 e. The third kappa shape index (κ3) is 9.01. The maximum atomic E-state index is 12.2. The van der Waals surface area contributed by atoms with Gasteiger partial charge in [-0.2, -0.15) is 0 Å². The van der Waals surface area contributed by atoms with Crippen LogP contribution in [0.4, 0.5) is 0 Å². The number of methoxy groups -OCH3 is 1. The van der Waals surface area contributed by atoms with Gasteiger partial charge in [-0.1, -0.05) is 122 Å². The van der Waals surface area contributed by atoms with Crippen LogP contribution in [0.15, 0.2) is 0 Å². The van der Waals surface area contributed by atoms with Crippen LogP contribution in [0.25, 0.3) is 0 Å². The maximum Gasteiger partial charge on any atom is 0.308 e. The van der Waals surface area contributed by atoms with Crippen molar-refractivity contribution in [3.8, 4) is 0 Å². The summed E-state index contributed by atoms with van der Waals surface area (Å²) in [6.07, 6.45) is 20.3. The van der Waals surface area contributed by atoms with Gasteiger partial charge in [-0.05, 0) is 18.4 Å². The molecule has 1 fully saturated rings. The van der Waals surface area contributed by atoms with E-state index < -0.39 is 8.07 Å². The number of hydrogen-bond acceptors (Lipinski definition) is 2. The minimum absolute atomic E-state index is 0.0633. The number of carbonyl (C=O) groups excluding carboxylic acids is 1. The molecule has 0 unspecified atom stereocenters. The van der Waals surface area contributed by atoms with E-state index in [1.165, 1.54) is 102 Å². The summed E-state index contributed by atoms with van der Waals surface area (Å²) < 4.78 is 5.11. The Morgan fingerprint density at radius 2 is 1.21 bits per heavy atom. The number of rotatable bonds is 17. The topological polar surface area (TPSA) is 26.3 Å². The fourth-order valence-electron chi connectivity index (χ4n) is 5.62. The summed E-state index contributed by atoms with van der Waals surface area (Å²) in [6, 6.07) is 4.59. The molecule has 0 bridgehead atoms. The molecule has 0 aromatic heterocycles. The van der Waals surface area contributed by atoms with E-state index in [2.05, 4.69) is 20.8 Å². The van der Waals surface area contributed by atoms with Gasteiger partial charge >= 0.3 is 5.97 Å². The van der Waals surface area contributed by atoms with Gasteiger partial charge < -0.3 is 4.74 Å². The molecular weight excluding hydrogens is 360 g/mol. The maximum absolute atomic E-state index is 12.2. The minimum Gasteiger partial charge on any atom is -0.469 e. The molecule has 0 aromatic carbocycles. The van der Waals surface area contributed by atoms with Crippen molar-refractivity contribution in [1.29, 1.82) is 0 Å². The molecule has 0 aliphatic heterocycles. The molecule has 0 N–H and O–H groups in total. The highest BCUT2D eigenvalue weighted by atomic mass is 28.3. The van der Waals surface area contributed by atoms with Gasteiger partial charge in [-0.15, -0.1) is 0 Å². The highest BCUT2D eigenvalue weighted by Crippen LogP contribution is 2.49. The lowest BCUT2D eigenvalue weighted by Gasteiger charge is -2.38. The highest BCUT2D eigenvalue weighted by molar-refractivity contribution is 6.81. The summed E-state index contributed by atoms with van der Waals surface area (Å²) in [5, 5.41) is 0. The van der Waals surface area contributed by atoms with Crippen molar-refractivity contribution in [2.24, 2.45) is 5.92 Å². The molecule has 0 heterocycles. The van der Waals surface area contributed by atoms with E-state index in [0.29, 0.717) is 0 Å². The first kappa shape index (κ1) is 25.7. The molecule has 0 aromatic rings. The van der Waals surface area contributed by atoms with E-state index in [-0.39, 0.29) is 11.9 Å². The first-order valence-electron chi connectivity index (χ1n) is 12.7. The summed E-state index contributed by atoms with van der Waals surface area (Å²) in [5.41, 5.74) is 0.876. The van der Waals surface area contributed by atoms with Crippen LogP contribution in [0, 0.1) is 5.92 Å². The SMILES string of the molecule is CCCCCC[Si](CCCCCC)(CCCCCC)[C@@H]1CC[C@H](C(=O)OC)C1. The molecule has 2 nitrogen and oxygen atoms in total. The predicted octanol–water partition coefficient (Wildman–Crippen LogP) is 8.52. The first-order valence-corrected chi connectivity index (χ1v) is 15.4. The molecule has 1 saturated carbocycles. The minimum atomic E-state index is -1.32. The Hall–Kier alpha value is -0.313. The van der Waals surface area contributed by atoms with Crippen LogP contribution < -0.4 is 0 Å². The number of hydrogen-bond donors (Lipinski definition) is 0. The second kappa shape index (κ2) is 15.5. The van der Waals surface area contributed by atoms with E-state index in [0.717, 1.165) is 18.4 Å². The molecule has 0 saturated heterocycles. The Balaban J connectivity index is 2.84. The first-order chi connectivity index (χ1) is 13.6. The number of ether oxygens (including phenoxy) is 1. The highest BCUT2D eigenvalue weighted by Gasteiger charge is 2.44. The number of esters is 1. The Morgan fingerprint density at radius 3 is 1.61 bits per heavy atom. The zero-order valence-corrected chi connectivity index (χ0v) is 20.7. The normalized spacial score (nSPS) is 19.9. The zero-order chi connectivity index (χ0) is 20.7. The quantitative estimate of drug-likeness (QED) is 0.136. The van der Waals surface area contributed by atoms with Gasteiger partial charge in [-0.3, -0.25) is 4.79 Å². The molecule has 3 heteroatoms. The third-order valence-corrected chi connectivity index (χ3v) is 13.7. The lowest BCUT2D eigenvalue weighted by atomic mass is 10.1. The van der Waals surface area contributed by atoms with E-state index >= 15 is 0 Å². The second-order valence-corrected chi connectivity index (χ2v) is 14.6. The molecular formula is C25H50O2Si. The third-order valence-electron chi connectivity index (χ3n) is 7.42. The van der Waals surface area contributed by atoms with Crippen molar-refractivity contribution in [3.63, 3.8) is 0 Å². The van der Waals surface area contributed by atoms with Gasteiger partial charge in [0.2, 0.25) is 0 Å². The van der Waals surface area contributed by atoms with Gasteiger partial charge in [0.25, 0.3) is 0 Å². The van der Waals surface area contributed by atoms with Crippen LogP contribution in [0.1, 0.15) is 117 Å². The molecule has 2 atom stereocenters. The lowest BCUT2D eigenvalue weighted by molar-refractivity contribution is -0.145. The Morgan fingerprint density at radius 1 is 0.750 bits per heavy atom. The van der Waals surface area contributed by atoms with Crippen molar-refractivity contribution in [2.45, 2.75) is 141 Å². The predicted molar refractivity (Wildman–Crippen MR) is 126 cm³/mol. The van der Waals surface area contributed by atoms with Crippen LogP contribution in [0.5, 0.6) is 0 Å². The Kier molecular flexibility index (Phi) is 14.3. The monoisotopic (exact) mass is 410 g/mol. The average molecular weight is 411 g/mol. The summed E-state index contributed by atoms with van der Waals surface area (Å²) in [7, 11) is 0.249. The van der Waals surface area contributed by atoms with Crippen molar-refractivity contribution in [1.82, 2.24) is 0 Å². The molecule has 166 valence electrons. The summed E-state index contributed by atoms with van der Waals surface area (Å²) in [4.78, 5) is 12.2. The van der Waals surface area contributed by atoms with E-state index in [1.807, 2.05) is 0 Å². The Labute approximate surface area is 177 Å². The van der Waals surface area contributed by atoms with Crippen LogP contribution in [0.3, 0.4) is 0 Å². The van der Waals surface area contributed by atoms with Crippen molar-refractivity contribution in [3.05, 3.63) is 0 Å². The number of carbonyl (C=O) groups is 1. The summed E-state index contributed by atoms with van der Waals surface area (Å²) in [5.74, 6) is 0.261. The van der Waals surface area contributed by atoms with Crippen LogP contribution in [-0.4, -0.2) is 21.2 Å². The average Bonchev–Trinajstić information content (AvgIpc) is 3.21. The van der Waals surface area contributed by atoms with E-state index in [4.69, 9.17) is 4.74 Å².